The highest BCUT2D eigenvalue weighted by atomic mass is 14.5. The predicted octanol–water partition coefficient (Wildman–Crippen LogP) is 9.32. The van der Waals surface area contributed by atoms with Gasteiger partial charge in [0.1, 0.15) is 0 Å². The first-order valence-electron chi connectivity index (χ1n) is 13.5. The first-order valence-corrected chi connectivity index (χ1v) is 13.5. The van der Waals surface area contributed by atoms with Crippen molar-refractivity contribution in [1.82, 2.24) is 0 Å². The van der Waals surface area contributed by atoms with E-state index in [0.717, 1.165) is 13.0 Å². The van der Waals surface area contributed by atoms with Crippen LogP contribution in [0.25, 0.3) is 54.2 Å². The quantitative estimate of drug-likeness (QED) is 0.192. The lowest BCUT2D eigenvalue weighted by molar-refractivity contribution is 0.594. The van der Waals surface area contributed by atoms with Gasteiger partial charge in [0.2, 0.25) is 0 Å². The van der Waals surface area contributed by atoms with E-state index in [4.69, 9.17) is 5.73 Å². The van der Waals surface area contributed by atoms with Crippen molar-refractivity contribution < 1.29 is 0 Å². The Balaban J connectivity index is 1.61. The van der Waals surface area contributed by atoms with Gasteiger partial charge in [-0.05, 0) is 84.7 Å². The molecule has 0 aliphatic heterocycles. The highest BCUT2D eigenvalue weighted by molar-refractivity contribution is 6.25. The van der Waals surface area contributed by atoms with E-state index in [2.05, 4.69) is 97.1 Å². The Bertz CT molecular complexity index is 1640. The Labute approximate surface area is 212 Å². The number of fused-ring (bicyclic) bond motifs is 13. The van der Waals surface area contributed by atoms with Crippen LogP contribution in [-0.4, -0.2) is 6.54 Å². The lowest BCUT2D eigenvalue weighted by atomic mass is 9.84. The number of rotatable bonds is 6. The molecule has 0 spiro atoms. The molecule has 0 unspecified atom stereocenters. The molecule has 176 valence electrons. The molecule has 2 N–H and O–H groups in total. The van der Waals surface area contributed by atoms with Gasteiger partial charge in [0.15, 0.2) is 0 Å². The second kappa shape index (κ2) is 8.76. The largest absolute Gasteiger partial charge is 0.330 e. The van der Waals surface area contributed by atoms with Crippen LogP contribution < -0.4 is 5.73 Å². The molecule has 0 amide bonds. The van der Waals surface area contributed by atoms with Crippen molar-refractivity contribution in [3.8, 4) is 11.1 Å². The average Bonchev–Trinajstić information content (AvgIpc) is 3.29. The Morgan fingerprint density at radius 2 is 0.778 bits per heavy atom. The average molecular weight is 466 g/mol. The van der Waals surface area contributed by atoms with Crippen molar-refractivity contribution >= 4 is 43.1 Å². The van der Waals surface area contributed by atoms with E-state index in [-0.39, 0.29) is 0 Å². The topological polar surface area (TPSA) is 26.0 Å². The van der Waals surface area contributed by atoms with Gasteiger partial charge in [0.05, 0.1) is 0 Å². The zero-order valence-corrected chi connectivity index (χ0v) is 20.6. The molecule has 0 fully saturated rings. The molecule has 1 nitrogen and oxygen atoms in total. The standard InChI is InChI=1S/C35H31N/c36-22-12-2-1-3-21-31-32-27-17-8-4-13-23(27)25-15-6-10-19-29(25)34(32)35-30-20-11-7-16-26(30)24-14-5-9-18-28(24)33(31)35/h4-11,13-20,31H,1-3,12,21-22,36H2. The summed E-state index contributed by atoms with van der Waals surface area (Å²) in [6, 6.07) is 36.3. The number of benzene rings is 6. The molecule has 1 aliphatic rings. The zero-order valence-electron chi connectivity index (χ0n) is 20.6. The predicted molar refractivity (Wildman–Crippen MR) is 156 cm³/mol. The summed E-state index contributed by atoms with van der Waals surface area (Å²) in [4.78, 5) is 0. The SMILES string of the molecule is NCCCCCCC1c2c(c3ccccc3c3ccccc23)-c2c1c1ccccc1c1ccccc21. The Morgan fingerprint density at radius 3 is 1.22 bits per heavy atom. The van der Waals surface area contributed by atoms with Gasteiger partial charge in [-0.25, -0.2) is 0 Å². The Hall–Kier alpha value is -3.68. The monoisotopic (exact) mass is 465 g/mol. The van der Waals surface area contributed by atoms with Gasteiger partial charge in [-0.3, -0.25) is 0 Å². The maximum absolute atomic E-state index is 5.79. The van der Waals surface area contributed by atoms with Gasteiger partial charge in [-0.15, -0.1) is 0 Å². The van der Waals surface area contributed by atoms with Crippen LogP contribution in [-0.2, 0) is 0 Å². The zero-order chi connectivity index (χ0) is 24.1. The van der Waals surface area contributed by atoms with Gasteiger partial charge >= 0.3 is 0 Å². The lowest BCUT2D eigenvalue weighted by Gasteiger charge is -2.19. The Kier molecular flexibility index (Phi) is 5.26. The summed E-state index contributed by atoms with van der Waals surface area (Å²) in [5.74, 6) is 0.400. The van der Waals surface area contributed by atoms with E-state index in [9.17, 15) is 0 Å². The van der Waals surface area contributed by atoms with Crippen molar-refractivity contribution in [2.75, 3.05) is 6.54 Å². The minimum atomic E-state index is 0.400. The summed E-state index contributed by atoms with van der Waals surface area (Å²) in [6.45, 7) is 0.794. The molecule has 6 aromatic rings. The van der Waals surface area contributed by atoms with Crippen LogP contribution in [0.3, 0.4) is 0 Å². The second-order valence-corrected chi connectivity index (χ2v) is 10.3. The third kappa shape index (κ3) is 3.13. The van der Waals surface area contributed by atoms with E-state index < -0.39 is 0 Å². The number of nitrogens with two attached hydrogens (primary N) is 1. The number of unbranched alkanes of at least 4 members (excludes halogenated alkanes) is 3. The van der Waals surface area contributed by atoms with E-state index >= 15 is 0 Å². The van der Waals surface area contributed by atoms with E-state index in [1.807, 2.05) is 0 Å². The van der Waals surface area contributed by atoms with Crippen LogP contribution in [0.2, 0.25) is 0 Å². The summed E-state index contributed by atoms with van der Waals surface area (Å²) in [6.07, 6.45) is 6.00. The molecule has 1 aliphatic carbocycles. The molecular weight excluding hydrogens is 434 g/mol. The smallest absolute Gasteiger partial charge is 0.0114 e. The Morgan fingerprint density at radius 1 is 0.417 bits per heavy atom. The van der Waals surface area contributed by atoms with Crippen LogP contribution in [0.1, 0.15) is 49.1 Å². The molecule has 1 heteroatoms. The third-order valence-electron chi connectivity index (χ3n) is 8.34. The van der Waals surface area contributed by atoms with E-state index in [1.165, 1.54) is 79.9 Å². The molecule has 36 heavy (non-hydrogen) atoms. The summed E-state index contributed by atoms with van der Waals surface area (Å²) >= 11 is 0. The minimum Gasteiger partial charge on any atom is -0.330 e. The highest BCUT2D eigenvalue weighted by Crippen LogP contribution is 2.57. The molecule has 0 aromatic heterocycles. The van der Waals surface area contributed by atoms with Crippen molar-refractivity contribution in [3.05, 3.63) is 108 Å². The molecule has 0 saturated carbocycles. The molecular formula is C35H31N. The fraction of sp³-hybridized carbons (Fsp3) is 0.200. The fourth-order valence-corrected chi connectivity index (χ4v) is 6.88. The molecule has 0 saturated heterocycles. The second-order valence-electron chi connectivity index (χ2n) is 10.3. The molecule has 0 radical (unpaired) electrons. The number of hydrogen-bond donors (Lipinski definition) is 1. The van der Waals surface area contributed by atoms with Gasteiger partial charge in [-0.1, -0.05) is 116 Å². The molecule has 6 aromatic carbocycles. The molecule has 0 bridgehead atoms. The third-order valence-corrected chi connectivity index (χ3v) is 8.34. The van der Waals surface area contributed by atoms with Crippen molar-refractivity contribution in [2.45, 2.75) is 38.0 Å². The summed E-state index contributed by atoms with van der Waals surface area (Å²) < 4.78 is 0. The maximum Gasteiger partial charge on any atom is 0.0114 e. The highest BCUT2D eigenvalue weighted by Gasteiger charge is 2.35. The van der Waals surface area contributed by atoms with Crippen LogP contribution >= 0.6 is 0 Å². The van der Waals surface area contributed by atoms with E-state index in [0.29, 0.717) is 5.92 Å². The lowest BCUT2D eigenvalue weighted by Crippen LogP contribution is -2.01. The maximum atomic E-state index is 5.79. The van der Waals surface area contributed by atoms with Crippen molar-refractivity contribution in [2.24, 2.45) is 5.73 Å². The summed E-state index contributed by atoms with van der Waals surface area (Å²) in [5.41, 5.74) is 11.8. The number of hydrogen-bond acceptors (Lipinski definition) is 1. The first-order chi connectivity index (χ1) is 17.9. The van der Waals surface area contributed by atoms with Crippen LogP contribution in [0.5, 0.6) is 0 Å². The van der Waals surface area contributed by atoms with Crippen molar-refractivity contribution in [3.63, 3.8) is 0 Å². The van der Waals surface area contributed by atoms with Crippen molar-refractivity contribution in [1.29, 1.82) is 0 Å². The van der Waals surface area contributed by atoms with Crippen LogP contribution in [0.4, 0.5) is 0 Å². The van der Waals surface area contributed by atoms with Gasteiger partial charge in [-0.2, -0.15) is 0 Å². The summed E-state index contributed by atoms with van der Waals surface area (Å²) in [7, 11) is 0. The van der Waals surface area contributed by atoms with Gasteiger partial charge < -0.3 is 5.73 Å². The fourth-order valence-electron chi connectivity index (χ4n) is 6.88. The summed E-state index contributed by atoms with van der Waals surface area (Å²) in [5, 5.41) is 11.1. The first kappa shape index (κ1) is 21.6. The molecule has 0 heterocycles. The van der Waals surface area contributed by atoms with Crippen LogP contribution in [0.15, 0.2) is 97.1 Å². The van der Waals surface area contributed by atoms with E-state index in [1.54, 1.807) is 11.1 Å². The van der Waals surface area contributed by atoms with Gasteiger partial charge in [0.25, 0.3) is 0 Å². The molecule has 0 atom stereocenters. The van der Waals surface area contributed by atoms with Gasteiger partial charge in [0, 0.05) is 5.92 Å². The molecule has 7 rings (SSSR count). The minimum absolute atomic E-state index is 0.400. The van der Waals surface area contributed by atoms with Crippen LogP contribution in [0, 0.1) is 0 Å². The normalized spacial score (nSPS) is 13.1.